The van der Waals surface area contributed by atoms with Crippen LogP contribution >= 0.6 is 11.8 Å². The summed E-state index contributed by atoms with van der Waals surface area (Å²) in [7, 11) is 3.79. The van der Waals surface area contributed by atoms with Crippen LogP contribution in [0.3, 0.4) is 0 Å². The van der Waals surface area contributed by atoms with Gasteiger partial charge in [-0.05, 0) is 31.2 Å². The Hall–Kier alpha value is -0.670. The highest BCUT2D eigenvalue weighted by molar-refractivity contribution is 7.99. The molecule has 0 amide bonds. The molecule has 0 aromatic heterocycles. The molecular weight excluding hydrogens is 218 g/mol. The minimum atomic E-state index is 0.434. The fourth-order valence-electron chi connectivity index (χ4n) is 2.46. The van der Waals surface area contributed by atoms with Crippen LogP contribution in [-0.2, 0) is 5.75 Å². The molecule has 16 heavy (non-hydrogen) atoms. The van der Waals surface area contributed by atoms with E-state index in [1.807, 2.05) is 18.8 Å². The first-order valence-electron chi connectivity index (χ1n) is 5.64. The van der Waals surface area contributed by atoms with Gasteiger partial charge < -0.3 is 10.1 Å². The molecule has 1 heterocycles. The molecule has 0 saturated carbocycles. The van der Waals surface area contributed by atoms with Crippen molar-refractivity contribution >= 4 is 11.8 Å². The second-order valence-corrected chi connectivity index (χ2v) is 5.62. The maximum absolute atomic E-state index is 5.45. The molecule has 1 aliphatic heterocycles. The number of aryl methyl sites for hydroxylation is 1. The van der Waals surface area contributed by atoms with Crippen molar-refractivity contribution in [2.45, 2.75) is 30.9 Å². The monoisotopic (exact) mass is 237 g/mol. The van der Waals surface area contributed by atoms with Crippen molar-refractivity contribution < 1.29 is 4.74 Å². The van der Waals surface area contributed by atoms with E-state index in [1.165, 1.54) is 16.7 Å². The van der Waals surface area contributed by atoms with Gasteiger partial charge in [-0.3, -0.25) is 0 Å². The summed E-state index contributed by atoms with van der Waals surface area (Å²) in [4.78, 5) is 0. The molecule has 0 aliphatic carbocycles. The number of ether oxygens (including phenoxy) is 1. The molecule has 1 aromatic rings. The van der Waals surface area contributed by atoms with Crippen LogP contribution in [0.1, 0.15) is 29.7 Å². The van der Waals surface area contributed by atoms with Gasteiger partial charge in [-0.25, -0.2) is 0 Å². The molecule has 2 nitrogen and oxygen atoms in total. The lowest BCUT2D eigenvalue weighted by molar-refractivity contribution is 0.408. The van der Waals surface area contributed by atoms with Crippen molar-refractivity contribution in [3.05, 3.63) is 28.8 Å². The van der Waals surface area contributed by atoms with Gasteiger partial charge in [-0.1, -0.05) is 13.0 Å². The van der Waals surface area contributed by atoms with E-state index < -0.39 is 0 Å². The van der Waals surface area contributed by atoms with Crippen molar-refractivity contribution in [3.8, 4) is 5.75 Å². The summed E-state index contributed by atoms with van der Waals surface area (Å²) in [5.41, 5.74) is 4.17. The van der Waals surface area contributed by atoms with Crippen LogP contribution < -0.4 is 10.1 Å². The number of hydrogen-bond acceptors (Lipinski definition) is 3. The maximum Gasteiger partial charge on any atom is 0.123 e. The minimum absolute atomic E-state index is 0.434. The van der Waals surface area contributed by atoms with Gasteiger partial charge in [0.2, 0.25) is 0 Å². The van der Waals surface area contributed by atoms with E-state index in [9.17, 15) is 0 Å². The Labute approximate surface area is 102 Å². The Kier molecular flexibility index (Phi) is 3.45. The number of methoxy groups -OCH3 is 1. The van der Waals surface area contributed by atoms with Crippen LogP contribution in [0, 0.1) is 6.92 Å². The number of hydrogen-bond donors (Lipinski definition) is 1. The van der Waals surface area contributed by atoms with Crippen LogP contribution in [0.4, 0.5) is 0 Å². The number of rotatable bonds is 2. The van der Waals surface area contributed by atoms with Gasteiger partial charge in [0.1, 0.15) is 5.75 Å². The van der Waals surface area contributed by atoms with Crippen LogP contribution in [0.2, 0.25) is 0 Å². The smallest absolute Gasteiger partial charge is 0.123 e. The molecule has 0 spiro atoms. The second-order valence-electron chi connectivity index (χ2n) is 4.26. The van der Waals surface area contributed by atoms with Crippen LogP contribution in [0.5, 0.6) is 5.75 Å². The van der Waals surface area contributed by atoms with Gasteiger partial charge in [0.05, 0.1) is 7.11 Å². The molecule has 1 aromatic carbocycles. The molecule has 3 heteroatoms. The predicted octanol–water partition coefficient (Wildman–Crippen LogP) is 2.90. The summed E-state index contributed by atoms with van der Waals surface area (Å²) in [6.07, 6.45) is 0. The van der Waals surface area contributed by atoms with E-state index in [0.717, 1.165) is 11.5 Å². The molecule has 1 N–H and O–H groups in total. The van der Waals surface area contributed by atoms with Gasteiger partial charge >= 0.3 is 0 Å². The minimum Gasteiger partial charge on any atom is -0.496 e. The first-order valence-corrected chi connectivity index (χ1v) is 6.69. The van der Waals surface area contributed by atoms with E-state index in [1.54, 1.807) is 7.11 Å². The summed E-state index contributed by atoms with van der Waals surface area (Å²) < 4.78 is 5.45. The van der Waals surface area contributed by atoms with Gasteiger partial charge in [0.25, 0.3) is 0 Å². The van der Waals surface area contributed by atoms with Crippen molar-refractivity contribution in [3.63, 3.8) is 0 Å². The Balaban J connectivity index is 2.55. The van der Waals surface area contributed by atoms with Crippen molar-refractivity contribution in [2.75, 3.05) is 14.2 Å². The third-order valence-electron chi connectivity index (χ3n) is 3.33. The van der Waals surface area contributed by atoms with Crippen LogP contribution in [0.15, 0.2) is 12.1 Å². The normalized spacial score (nSPS) is 24.0. The maximum atomic E-state index is 5.45. The lowest BCUT2D eigenvalue weighted by Gasteiger charge is -2.33. The SMILES string of the molecule is CNC1c2c(C)ccc(OC)c2CSC1C. The summed E-state index contributed by atoms with van der Waals surface area (Å²) in [6.45, 7) is 4.47. The molecule has 2 unspecified atom stereocenters. The van der Waals surface area contributed by atoms with Gasteiger partial charge in [0, 0.05) is 22.6 Å². The molecule has 2 atom stereocenters. The van der Waals surface area contributed by atoms with Gasteiger partial charge in [-0.15, -0.1) is 0 Å². The van der Waals surface area contributed by atoms with Gasteiger partial charge in [-0.2, -0.15) is 11.8 Å². The van der Waals surface area contributed by atoms with E-state index in [4.69, 9.17) is 4.74 Å². The largest absolute Gasteiger partial charge is 0.496 e. The molecule has 0 bridgehead atoms. The molecule has 2 rings (SSSR count). The van der Waals surface area contributed by atoms with Crippen molar-refractivity contribution in [2.24, 2.45) is 0 Å². The van der Waals surface area contributed by atoms with Crippen molar-refractivity contribution in [1.29, 1.82) is 0 Å². The Morgan fingerprint density at radius 1 is 1.44 bits per heavy atom. The zero-order valence-corrected chi connectivity index (χ0v) is 11.1. The summed E-state index contributed by atoms with van der Waals surface area (Å²) in [6, 6.07) is 4.67. The Morgan fingerprint density at radius 3 is 2.81 bits per heavy atom. The summed E-state index contributed by atoms with van der Waals surface area (Å²) in [5.74, 6) is 2.08. The first-order chi connectivity index (χ1) is 7.69. The molecular formula is C13H19NOS. The lowest BCUT2D eigenvalue weighted by Crippen LogP contribution is -2.30. The average molecular weight is 237 g/mol. The third kappa shape index (κ3) is 1.82. The Bertz CT molecular complexity index is 392. The molecule has 0 radical (unpaired) electrons. The van der Waals surface area contributed by atoms with Crippen LogP contribution in [0.25, 0.3) is 0 Å². The van der Waals surface area contributed by atoms with Crippen LogP contribution in [-0.4, -0.2) is 19.4 Å². The highest BCUT2D eigenvalue weighted by atomic mass is 32.2. The molecule has 0 fully saturated rings. The number of nitrogens with one attached hydrogen (secondary N) is 1. The molecule has 88 valence electrons. The van der Waals surface area contributed by atoms with Gasteiger partial charge in [0.15, 0.2) is 0 Å². The number of benzene rings is 1. The fraction of sp³-hybridized carbons (Fsp3) is 0.538. The molecule has 1 aliphatic rings. The lowest BCUT2D eigenvalue weighted by atomic mass is 9.93. The Morgan fingerprint density at radius 2 is 2.19 bits per heavy atom. The highest BCUT2D eigenvalue weighted by Gasteiger charge is 2.29. The number of thioether (sulfide) groups is 1. The standard InChI is InChI=1S/C13H19NOS/c1-8-5-6-11(15-4)10-7-16-9(2)13(14-3)12(8)10/h5-6,9,13-14H,7H2,1-4H3. The fourth-order valence-corrected chi connectivity index (χ4v) is 3.65. The highest BCUT2D eigenvalue weighted by Crippen LogP contribution is 2.42. The van der Waals surface area contributed by atoms with E-state index in [0.29, 0.717) is 11.3 Å². The topological polar surface area (TPSA) is 21.3 Å². The zero-order valence-electron chi connectivity index (χ0n) is 10.3. The third-order valence-corrected chi connectivity index (χ3v) is 4.59. The summed E-state index contributed by atoms with van der Waals surface area (Å²) in [5, 5.41) is 4.04. The van der Waals surface area contributed by atoms with E-state index in [-0.39, 0.29) is 0 Å². The van der Waals surface area contributed by atoms with Crippen molar-refractivity contribution in [1.82, 2.24) is 5.32 Å². The average Bonchev–Trinajstić information content (AvgIpc) is 2.30. The molecule has 0 saturated heterocycles. The first kappa shape index (κ1) is 11.8. The predicted molar refractivity (Wildman–Crippen MR) is 70.3 cm³/mol. The number of fused-ring (bicyclic) bond motifs is 1. The quantitative estimate of drug-likeness (QED) is 0.854. The summed E-state index contributed by atoms with van der Waals surface area (Å²) >= 11 is 1.99. The zero-order chi connectivity index (χ0) is 11.7. The van der Waals surface area contributed by atoms with E-state index >= 15 is 0 Å². The van der Waals surface area contributed by atoms with E-state index in [2.05, 4.69) is 31.3 Å². The second kappa shape index (κ2) is 4.68.